The first-order valence-corrected chi connectivity index (χ1v) is 9.44. The highest BCUT2D eigenvalue weighted by molar-refractivity contribution is 7.98. The Bertz CT molecular complexity index is 893. The molecular formula is C13H15N5O3S2. The molecule has 0 unspecified atom stereocenters. The summed E-state index contributed by atoms with van der Waals surface area (Å²) in [6, 6.07) is 6.20. The zero-order chi connectivity index (χ0) is 16.6. The van der Waals surface area contributed by atoms with E-state index in [1.165, 1.54) is 23.9 Å². The van der Waals surface area contributed by atoms with Crippen molar-refractivity contribution >= 4 is 33.3 Å². The highest BCUT2D eigenvalue weighted by Crippen LogP contribution is 2.24. The molecule has 2 aromatic rings. The Morgan fingerprint density at radius 2 is 2.00 bits per heavy atom. The molecule has 8 nitrogen and oxygen atoms in total. The molecule has 0 bridgehead atoms. The van der Waals surface area contributed by atoms with Crippen molar-refractivity contribution in [3.8, 4) is 0 Å². The highest BCUT2D eigenvalue weighted by atomic mass is 32.2. The molecule has 0 amide bonds. The zero-order valence-corrected chi connectivity index (χ0v) is 13.9. The summed E-state index contributed by atoms with van der Waals surface area (Å²) in [6.07, 6.45) is 1.84. The highest BCUT2D eigenvalue weighted by Gasteiger charge is 2.21. The van der Waals surface area contributed by atoms with Gasteiger partial charge in [0.1, 0.15) is 5.82 Å². The molecule has 122 valence electrons. The van der Waals surface area contributed by atoms with E-state index in [2.05, 4.69) is 15.3 Å². The van der Waals surface area contributed by atoms with Gasteiger partial charge in [-0.3, -0.25) is 4.79 Å². The summed E-state index contributed by atoms with van der Waals surface area (Å²) in [5.41, 5.74) is 1.14. The van der Waals surface area contributed by atoms with Crippen LogP contribution in [0.2, 0.25) is 0 Å². The second-order valence-electron chi connectivity index (χ2n) is 4.97. The van der Waals surface area contributed by atoms with Crippen LogP contribution < -0.4 is 20.9 Å². The lowest BCUT2D eigenvalue weighted by molar-refractivity contribution is 0.598. The van der Waals surface area contributed by atoms with Gasteiger partial charge in [0.25, 0.3) is 5.56 Å². The van der Waals surface area contributed by atoms with Gasteiger partial charge in [-0.1, -0.05) is 11.8 Å². The van der Waals surface area contributed by atoms with Gasteiger partial charge in [0.15, 0.2) is 5.16 Å². The van der Waals surface area contributed by atoms with Crippen molar-refractivity contribution in [2.75, 3.05) is 23.1 Å². The van der Waals surface area contributed by atoms with E-state index >= 15 is 0 Å². The van der Waals surface area contributed by atoms with Gasteiger partial charge >= 0.3 is 0 Å². The Labute approximate surface area is 137 Å². The molecule has 0 fully saturated rings. The lowest BCUT2D eigenvalue weighted by Gasteiger charge is -2.30. The summed E-state index contributed by atoms with van der Waals surface area (Å²) < 4.78 is 22.6. The van der Waals surface area contributed by atoms with Gasteiger partial charge in [0.05, 0.1) is 23.7 Å². The number of thioether (sulfide) groups is 1. The van der Waals surface area contributed by atoms with Gasteiger partial charge in [0.2, 0.25) is 10.0 Å². The third-order valence-corrected chi connectivity index (χ3v) is 5.01. The monoisotopic (exact) mass is 353 g/mol. The van der Waals surface area contributed by atoms with Gasteiger partial charge in [-0.05, 0) is 30.5 Å². The molecule has 0 aliphatic carbocycles. The van der Waals surface area contributed by atoms with E-state index in [0.29, 0.717) is 29.8 Å². The van der Waals surface area contributed by atoms with Crippen molar-refractivity contribution < 1.29 is 8.42 Å². The topological polar surface area (TPSA) is 121 Å². The third-order valence-electron chi connectivity index (χ3n) is 3.50. The molecule has 4 N–H and O–H groups in total. The number of rotatable bonds is 3. The number of nitrogens with two attached hydrogens (primary N) is 1. The summed E-state index contributed by atoms with van der Waals surface area (Å²) >= 11 is 1.37. The van der Waals surface area contributed by atoms with Crippen LogP contribution in [-0.4, -0.2) is 31.3 Å². The fourth-order valence-electron chi connectivity index (χ4n) is 2.31. The number of nitrogens with one attached hydrogen (secondary N) is 2. The van der Waals surface area contributed by atoms with E-state index in [4.69, 9.17) is 5.14 Å². The lowest BCUT2D eigenvalue weighted by atomic mass is 10.2. The molecule has 10 heteroatoms. The molecule has 1 aliphatic rings. The van der Waals surface area contributed by atoms with E-state index in [-0.39, 0.29) is 10.5 Å². The molecule has 0 radical (unpaired) electrons. The average Bonchev–Trinajstić information content (AvgIpc) is 2.53. The number of anilines is 2. The van der Waals surface area contributed by atoms with Gasteiger partial charge in [-0.25, -0.2) is 18.5 Å². The number of aromatic nitrogens is 2. The number of fused-ring (bicyclic) bond motifs is 1. The minimum atomic E-state index is -3.71. The number of primary sulfonamides is 1. The first kappa shape index (κ1) is 15.8. The van der Waals surface area contributed by atoms with E-state index in [0.717, 1.165) is 5.69 Å². The van der Waals surface area contributed by atoms with Crippen molar-refractivity contribution in [2.45, 2.75) is 16.6 Å². The van der Waals surface area contributed by atoms with Crippen molar-refractivity contribution in [1.82, 2.24) is 9.97 Å². The van der Waals surface area contributed by atoms with E-state index < -0.39 is 10.0 Å². The normalized spacial score (nSPS) is 14.3. The Morgan fingerprint density at radius 1 is 1.30 bits per heavy atom. The Kier molecular flexibility index (Phi) is 4.04. The first-order chi connectivity index (χ1) is 10.9. The smallest absolute Gasteiger partial charge is 0.258 e. The molecule has 1 aromatic heterocycles. The second-order valence-corrected chi connectivity index (χ2v) is 7.33. The molecule has 0 atom stereocenters. The number of nitrogens with zero attached hydrogens (tertiary/aromatic N) is 2. The average molecular weight is 353 g/mol. The molecule has 23 heavy (non-hydrogen) atoms. The maximum Gasteiger partial charge on any atom is 0.258 e. The minimum absolute atomic E-state index is 0.0516. The van der Waals surface area contributed by atoms with Crippen LogP contribution in [0.5, 0.6) is 0 Å². The Hall–Kier alpha value is -2.04. The van der Waals surface area contributed by atoms with Gasteiger partial charge in [-0.2, -0.15) is 0 Å². The zero-order valence-electron chi connectivity index (χ0n) is 12.2. The summed E-state index contributed by atoms with van der Waals surface area (Å²) in [5, 5.41) is 8.76. The van der Waals surface area contributed by atoms with E-state index in [1.54, 1.807) is 12.1 Å². The molecule has 1 aliphatic heterocycles. The summed E-state index contributed by atoms with van der Waals surface area (Å²) in [4.78, 5) is 21.2. The summed E-state index contributed by atoms with van der Waals surface area (Å²) in [6.45, 7) is 0.847. The maximum atomic E-state index is 12.1. The SMILES string of the molecule is CSc1nc2c(c(=O)[nH]1)CN(c1ccc(S(N)(=O)=O)cc1)CN2. The van der Waals surface area contributed by atoms with Crippen LogP contribution in [0, 0.1) is 0 Å². The number of aromatic amines is 1. The molecule has 2 heterocycles. The molecule has 0 saturated heterocycles. The summed E-state index contributed by atoms with van der Waals surface area (Å²) in [7, 11) is -3.71. The predicted molar refractivity (Wildman–Crippen MR) is 89.1 cm³/mol. The van der Waals surface area contributed by atoms with Crippen molar-refractivity contribution in [2.24, 2.45) is 5.14 Å². The van der Waals surface area contributed by atoms with Crippen LogP contribution in [0.25, 0.3) is 0 Å². The Balaban J connectivity index is 1.89. The van der Waals surface area contributed by atoms with Crippen molar-refractivity contribution in [3.05, 3.63) is 40.2 Å². The molecule has 1 aromatic carbocycles. The van der Waals surface area contributed by atoms with E-state index in [1.807, 2.05) is 11.2 Å². The fourth-order valence-corrected chi connectivity index (χ4v) is 3.21. The standard InChI is InChI=1S/C13H15N5O3S2/c1-22-13-16-11-10(12(19)17-13)6-18(7-15-11)8-2-4-9(5-3-8)23(14,20)21/h2-5H,6-7H2,1H3,(H2,14,20,21)(H2,15,16,17,19). The van der Waals surface area contributed by atoms with E-state index in [9.17, 15) is 13.2 Å². The number of H-pyrrole nitrogens is 1. The number of hydrogen-bond donors (Lipinski definition) is 3. The third kappa shape index (κ3) is 3.19. The van der Waals surface area contributed by atoms with Crippen LogP contribution >= 0.6 is 11.8 Å². The Morgan fingerprint density at radius 3 is 2.61 bits per heavy atom. The van der Waals surface area contributed by atoms with Crippen molar-refractivity contribution in [3.63, 3.8) is 0 Å². The van der Waals surface area contributed by atoms with Gasteiger partial charge in [-0.15, -0.1) is 0 Å². The molecule has 0 spiro atoms. The van der Waals surface area contributed by atoms with Crippen LogP contribution in [0.4, 0.5) is 11.5 Å². The molecular weight excluding hydrogens is 338 g/mol. The van der Waals surface area contributed by atoms with Crippen LogP contribution in [0.15, 0.2) is 39.1 Å². The lowest BCUT2D eigenvalue weighted by Crippen LogP contribution is -2.38. The minimum Gasteiger partial charge on any atom is -0.352 e. The van der Waals surface area contributed by atoms with Crippen LogP contribution in [0.3, 0.4) is 0 Å². The van der Waals surface area contributed by atoms with Crippen molar-refractivity contribution in [1.29, 1.82) is 0 Å². The second kappa shape index (κ2) is 5.87. The fraction of sp³-hybridized carbons (Fsp3) is 0.231. The predicted octanol–water partition coefficient (Wildman–Crippen LogP) is 0.529. The van der Waals surface area contributed by atoms with Crippen LogP contribution in [0.1, 0.15) is 5.56 Å². The number of benzene rings is 1. The largest absolute Gasteiger partial charge is 0.352 e. The van der Waals surface area contributed by atoms with Crippen LogP contribution in [-0.2, 0) is 16.6 Å². The first-order valence-electron chi connectivity index (χ1n) is 6.67. The molecule has 3 rings (SSSR count). The molecule has 0 saturated carbocycles. The summed E-state index contributed by atoms with van der Waals surface area (Å²) in [5.74, 6) is 0.579. The maximum absolute atomic E-state index is 12.1. The number of sulfonamides is 1. The number of hydrogen-bond acceptors (Lipinski definition) is 7. The van der Waals surface area contributed by atoms with Gasteiger partial charge in [0, 0.05) is 5.69 Å². The quantitative estimate of drug-likeness (QED) is 0.543. The van der Waals surface area contributed by atoms with Gasteiger partial charge < -0.3 is 15.2 Å².